The summed E-state index contributed by atoms with van der Waals surface area (Å²) in [5.74, 6) is 0. The normalized spacial score (nSPS) is 12.2. The number of nitrogens with one attached hydrogen (secondary N) is 1. The molecule has 0 atom stereocenters. The molecule has 0 bridgehead atoms. The van der Waals surface area contributed by atoms with Crippen molar-refractivity contribution in [3.63, 3.8) is 0 Å². The van der Waals surface area contributed by atoms with Crippen LogP contribution in [0.2, 0.25) is 0 Å². The smallest absolute Gasteiger partial charge is 0.145 e. The first-order chi connectivity index (χ1) is 16.4. The highest BCUT2D eigenvalue weighted by molar-refractivity contribution is 6.25. The largest absolute Gasteiger partial charge is 0.455 e. The van der Waals surface area contributed by atoms with Crippen molar-refractivity contribution < 1.29 is 4.42 Å². The number of hydrogen-bond acceptors (Lipinski definition) is 1. The Balaban J connectivity index is 1.57. The molecule has 0 aliphatic carbocycles. The van der Waals surface area contributed by atoms with Crippen LogP contribution in [0.15, 0.2) is 108 Å². The lowest BCUT2D eigenvalue weighted by atomic mass is 10.1. The van der Waals surface area contributed by atoms with Crippen molar-refractivity contribution >= 4 is 65.6 Å². The fourth-order valence-corrected chi connectivity index (χ4v) is 5.49. The van der Waals surface area contributed by atoms with Crippen molar-refractivity contribution in [2.45, 2.75) is 0 Å². The maximum Gasteiger partial charge on any atom is 0.145 e. The number of nitrogens with zero attached hydrogens (tertiary/aromatic N) is 1. The highest BCUT2D eigenvalue weighted by Gasteiger charge is 2.18. The molecule has 0 saturated heterocycles. The third-order valence-electron chi connectivity index (χ3n) is 6.91. The standard InChI is InChI=1S/C30H18N2O/c1-2-8-18(9-3-1)32-26-12-6-4-10-19(26)22-16-23-25(17-27(22)32)31-24-15-14-21-20-11-5-7-13-28(20)33-30(21)29(23)24/h1-17,31H. The molecule has 1 N–H and O–H groups in total. The topological polar surface area (TPSA) is 33.9 Å². The van der Waals surface area contributed by atoms with Crippen molar-refractivity contribution in [2.24, 2.45) is 0 Å². The van der Waals surface area contributed by atoms with E-state index in [0.29, 0.717) is 0 Å². The summed E-state index contributed by atoms with van der Waals surface area (Å²) < 4.78 is 8.73. The Hall–Kier alpha value is -4.50. The Morgan fingerprint density at radius 3 is 2.24 bits per heavy atom. The lowest BCUT2D eigenvalue weighted by Gasteiger charge is -2.07. The van der Waals surface area contributed by atoms with Gasteiger partial charge >= 0.3 is 0 Å². The highest BCUT2D eigenvalue weighted by Crippen LogP contribution is 2.41. The molecular weight excluding hydrogens is 404 g/mol. The van der Waals surface area contributed by atoms with Gasteiger partial charge in [-0.1, -0.05) is 54.6 Å². The molecular formula is C30H18N2O. The summed E-state index contributed by atoms with van der Waals surface area (Å²) in [5.41, 5.74) is 7.66. The first kappa shape index (κ1) is 17.1. The third kappa shape index (κ3) is 2.18. The summed E-state index contributed by atoms with van der Waals surface area (Å²) >= 11 is 0. The average Bonchev–Trinajstić information content (AvgIpc) is 3.52. The molecule has 154 valence electrons. The molecule has 0 fully saturated rings. The van der Waals surface area contributed by atoms with Gasteiger partial charge in [0.1, 0.15) is 11.2 Å². The summed E-state index contributed by atoms with van der Waals surface area (Å²) in [4.78, 5) is 3.66. The van der Waals surface area contributed by atoms with E-state index in [1.54, 1.807) is 0 Å². The predicted octanol–water partition coefficient (Wildman–Crippen LogP) is 8.32. The second-order valence-corrected chi connectivity index (χ2v) is 8.69. The van der Waals surface area contributed by atoms with Crippen LogP contribution in [-0.2, 0) is 0 Å². The number of aromatic nitrogens is 2. The Labute approximate surface area is 188 Å². The Morgan fingerprint density at radius 2 is 1.33 bits per heavy atom. The van der Waals surface area contributed by atoms with Crippen molar-refractivity contribution in [3.8, 4) is 5.69 Å². The van der Waals surface area contributed by atoms with Crippen LogP contribution in [-0.4, -0.2) is 9.55 Å². The lowest BCUT2D eigenvalue weighted by Crippen LogP contribution is -1.92. The molecule has 3 heterocycles. The number of H-pyrrole nitrogens is 1. The van der Waals surface area contributed by atoms with Gasteiger partial charge < -0.3 is 14.0 Å². The van der Waals surface area contributed by atoms with E-state index >= 15 is 0 Å². The molecule has 8 aromatic rings. The molecule has 0 unspecified atom stereocenters. The van der Waals surface area contributed by atoms with E-state index in [1.165, 1.54) is 32.9 Å². The molecule has 0 amide bonds. The number of fused-ring (bicyclic) bond motifs is 10. The number of furan rings is 1. The number of benzene rings is 5. The minimum Gasteiger partial charge on any atom is -0.455 e. The van der Waals surface area contributed by atoms with E-state index in [1.807, 2.05) is 12.1 Å². The summed E-state index contributed by atoms with van der Waals surface area (Å²) in [6.45, 7) is 0. The Bertz CT molecular complexity index is 2020. The van der Waals surface area contributed by atoms with Gasteiger partial charge in [0.2, 0.25) is 0 Å². The third-order valence-corrected chi connectivity index (χ3v) is 6.91. The molecule has 3 heteroatoms. The quantitative estimate of drug-likeness (QED) is 0.283. The van der Waals surface area contributed by atoms with E-state index < -0.39 is 0 Å². The van der Waals surface area contributed by atoms with Gasteiger partial charge in [-0.25, -0.2) is 0 Å². The summed E-state index contributed by atoms with van der Waals surface area (Å²) in [6.07, 6.45) is 0. The number of para-hydroxylation sites is 3. The van der Waals surface area contributed by atoms with Crippen molar-refractivity contribution in [3.05, 3.63) is 103 Å². The Morgan fingerprint density at radius 1 is 0.545 bits per heavy atom. The van der Waals surface area contributed by atoms with Crippen LogP contribution in [0.3, 0.4) is 0 Å². The average molecular weight is 422 g/mol. The Kier molecular flexibility index (Phi) is 3.14. The van der Waals surface area contributed by atoms with Gasteiger partial charge in [0, 0.05) is 38.1 Å². The minimum absolute atomic E-state index is 0.927. The van der Waals surface area contributed by atoms with Gasteiger partial charge in [-0.2, -0.15) is 0 Å². The summed E-state index contributed by atoms with van der Waals surface area (Å²) in [5, 5.41) is 7.16. The van der Waals surface area contributed by atoms with Gasteiger partial charge in [-0.15, -0.1) is 0 Å². The van der Waals surface area contributed by atoms with Crippen LogP contribution >= 0.6 is 0 Å². The van der Waals surface area contributed by atoms with Crippen LogP contribution < -0.4 is 0 Å². The molecule has 33 heavy (non-hydrogen) atoms. The zero-order valence-corrected chi connectivity index (χ0v) is 17.7. The monoisotopic (exact) mass is 422 g/mol. The number of hydrogen-bond donors (Lipinski definition) is 1. The highest BCUT2D eigenvalue weighted by atomic mass is 16.3. The molecule has 3 nitrogen and oxygen atoms in total. The van der Waals surface area contributed by atoms with E-state index in [4.69, 9.17) is 4.42 Å². The summed E-state index contributed by atoms with van der Waals surface area (Å²) in [7, 11) is 0. The van der Waals surface area contributed by atoms with Gasteiger partial charge in [0.15, 0.2) is 0 Å². The van der Waals surface area contributed by atoms with Crippen molar-refractivity contribution in [1.29, 1.82) is 0 Å². The first-order valence-corrected chi connectivity index (χ1v) is 11.2. The van der Waals surface area contributed by atoms with E-state index in [9.17, 15) is 0 Å². The second kappa shape index (κ2) is 6.05. The minimum atomic E-state index is 0.927. The number of rotatable bonds is 1. The second-order valence-electron chi connectivity index (χ2n) is 8.69. The van der Waals surface area contributed by atoms with Gasteiger partial charge in [-0.05, 0) is 48.5 Å². The first-order valence-electron chi connectivity index (χ1n) is 11.2. The zero-order valence-electron chi connectivity index (χ0n) is 17.7. The van der Waals surface area contributed by atoms with Crippen LogP contribution in [0.5, 0.6) is 0 Å². The molecule has 0 aliphatic rings. The van der Waals surface area contributed by atoms with Crippen LogP contribution in [0.4, 0.5) is 0 Å². The zero-order chi connectivity index (χ0) is 21.5. The molecule has 0 aliphatic heterocycles. The fraction of sp³-hybridized carbons (Fsp3) is 0. The summed E-state index contributed by atoms with van der Waals surface area (Å²) in [6, 6.07) is 36.5. The maximum atomic E-state index is 6.38. The van der Waals surface area contributed by atoms with Crippen molar-refractivity contribution in [1.82, 2.24) is 9.55 Å². The number of aromatic amines is 1. The van der Waals surface area contributed by atoms with Gasteiger partial charge in [-0.3, -0.25) is 0 Å². The van der Waals surface area contributed by atoms with Crippen LogP contribution in [0.1, 0.15) is 0 Å². The molecule has 3 aromatic heterocycles. The van der Waals surface area contributed by atoms with Crippen LogP contribution in [0.25, 0.3) is 71.2 Å². The molecule has 5 aromatic carbocycles. The van der Waals surface area contributed by atoms with Gasteiger partial charge in [0.05, 0.1) is 21.9 Å². The van der Waals surface area contributed by atoms with E-state index in [0.717, 1.165) is 38.4 Å². The predicted molar refractivity (Wildman–Crippen MR) is 137 cm³/mol. The van der Waals surface area contributed by atoms with Crippen LogP contribution in [0, 0.1) is 0 Å². The molecule has 8 rings (SSSR count). The molecule has 0 radical (unpaired) electrons. The maximum absolute atomic E-state index is 6.38. The van der Waals surface area contributed by atoms with Crippen molar-refractivity contribution in [2.75, 3.05) is 0 Å². The van der Waals surface area contributed by atoms with E-state index in [2.05, 4.69) is 101 Å². The SMILES string of the molecule is c1ccc(-n2c3ccccc3c3cc4c(cc32)[nH]c2ccc3c5ccccc5oc3c24)cc1. The molecule has 0 spiro atoms. The lowest BCUT2D eigenvalue weighted by molar-refractivity contribution is 0.673. The van der Waals surface area contributed by atoms with Gasteiger partial charge in [0.25, 0.3) is 0 Å². The molecule has 0 saturated carbocycles. The van der Waals surface area contributed by atoms with E-state index in [-0.39, 0.29) is 0 Å². The fourth-order valence-electron chi connectivity index (χ4n) is 5.49.